The molecule has 1 aliphatic rings. The highest BCUT2D eigenvalue weighted by atomic mass is 16.6. The SMILES string of the molecule is CCC(C)(C)C(C)(CC(C)C)C(=O)OC(C)(C)C1CCC(C)CC1. The highest BCUT2D eigenvalue weighted by Gasteiger charge is 2.49. The summed E-state index contributed by atoms with van der Waals surface area (Å²) in [6.45, 7) is 19.7. The quantitative estimate of drug-likeness (QED) is 0.487. The maximum absolute atomic E-state index is 13.3. The molecule has 2 heteroatoms. The molecule has 0 spiro atoms. The van der Waals surface area contributed by atoms with Crippen LogP contribution >= 0.6 is 0 Å². The average Bonchev–Trinajstić information content (AvgIpc) is 2.46. The Labute approximate surface area is 151 Å². The fourth-order valence-electron chi connectivity index (χ4n) is 4.23. The van der Waals surface area contributed by atoms with Crippen LogP contribution in [0.3, 0.4) is 0 Å². The molecule has 0 amide bonds. The average molecular weight is 339 g/mol. The summed E-state index contributed by atoms with van der Waals surface area (Å²) in [5.74, 6) is 1.79. The molecule has 1 rings (SSSR count). The third-order valence-electron chi connectivity index (χ3n) is 7.00. The van der Waals surface area contributed by atoms with Gasteiger partial charge >= 0.3 is 5.97 Å². The lowest BCUT2D eigenvalue weighted by Crippen LogP contribution is -2.48. The van der Waals surface area contributed by atoms with Gasteiger partial charge in [-0.2, -0.15) is 0 Å². The predicted octanol–water partition coefficient (Wildman–Crippen LogP) is 6.62. The lowest BCUT2D eigenvalue weighted by Gasteiger charge is -2.46. The van der Waals surface area contributed by atoms with E-state index in [0.29, 0.717) is 11.8 Å². The molecular formula is C22H42O2. The van der Waals surface area contributed by atoms with Gasteiger partial charge in [-0.25, -0.2) is 0 Å². The van der Waals surface area contributed by atoms with E-state index in [1.807, 2.05) is 0 Å². The van der Waals surface area contributed by atoms with Crippen molar-refractivity contribution in [2.45, 2.75) is 106 Å². The second-order valence-electron chi connectivity index (χ2n) is 10.1. The molecule has 0 aromatic carbocycles. The van der Waals surface area contributed by atoms with Gasteiger partial charge < -0.3 is 4.74 Å². The number of hydrogen-bond donors (Lipinski definition) is 0. The molecule has 0 heterocycles. The van der Waals surface area contributed by atoms with Gasteiger partial charge in [0.05, 0.1) is 5.41 Å². The molecule has 0 N–H and O–H groups in total. The second kappa shape index (κ2) is 7.79. The lowest BCUT2D eigenvalue weighted by molar-refractivity contribution is -0.184. The van der Waals surface area contributed by atoms with Crippen LogP contribution in [-0.4, -0.2) is 11.6 Å². The van der Waals surface area contributed by atoms with Crippen LogP contribution in [0.4, 0.5) is 0 Å². The highest BCUT2D eigenvalue weighted by Crippen LogP contribution is 2.48. The van der Waals surface area contributed by atoms with E-state index in [4.69, 9.17) is 4.74 Å². The maximum Gasteiger partial charge on any atom is 0.312 e. The van der Waals surface area contributed by atoms with Crippen molar-refractivity contribution >= 4 is 5.97 Å². The maximum atomic E-state index is 13.3. The fraction of sp³-hybridized carbons (Fsp3) is 0.955. The zero-order chi connectivity index (χ0) is 18.8. The topological polar surface area (TPSA) is 26.3 Å². The van der Waals surface area contributed by atoms with E-state index in [1.54, 1.807) is 0 Å². The molecule has 0 aromatic heterocycles. The largest absolute Gasteiger partial charge is 0.459 e. The van der Waals surface area contributed by atoms with Gasteiger partial charge in [-0.1, -0.05) is 54.4 Å². The van der Waals surface area contributed by atoms with Crippen LogP contribution in [0.15, 0.2) is 0 Å². The van der Waals surface area contributed by atoms with Crippen molar-refractivity contribution in [1.29, 1.82) is 0 Å². The van der Waals surface area contributed by atoms with E-state index in [9.17, 15) is 4.79 Å². The number of carbonyl (C=O) groups is 1. The van der Waals surface area contributed by atoms with E-state index in [0.717, 1.165) is 18.8 Å². The lowest BCUT2D eigenvalue weighted by atomic mass is 9.61. The molecule has 0 aromatic rings. The summed E-state index contributed by atoms with van der Waals surface area (Å²) in [7, 11) is 0. The second-order valence-corrected chi connectivity index (χ2v) is 10.1. The zero-order valence-electron chi connectivity index (χ0n) is 17.8. The number of rotatable bonds is 7. The molecule has 142 valence electrons. The Bertz CT molecular complexity index is 414. The summed E-state index contributed by atoms with van der Waals surface area (Å²) in [4.78, 5) is 13.3. The number of esters is 1. The number of hydrogen-bond acceptors (Lipinski definition) is 2. The molecule has 1 atom stereocenters. The number of carbonyl (C=O) groups excluding carboxylic acids is 1. The summed E-state index contributed by atoms with van der Waals surface area (Å²) in [5, 5.41) is 0. The van der Waals surface area contributed by atoms with Crippen molar-refractivity contribution in [2.75, 3.05) is 0 Å². The molecule has 1 aliphatic carbocycles. The van der Waals surface area contributed by atoms with Crippen LogP contribution in [0.5, 0.6) is 0 Å². The molecule has 1 saturated carbocycles. The van der Waals surface area contributed by atoms with Crippen LogP contribution in [0.1, 0.15) is 101 Å². The van der Waals surface area contributed by atoms with E-state index >= 15 is 0 Å². The van der Waals surface area contributed by atoms with E-state index in [2.05, 4.69) is 62.3 Å². The smallest absolute Gasteiger partial charge is 0.312 e. The van der Waals surface area contributed by atoms with E-state index < -0.39 is 5.41 Å². The first-order chi connectivity index (χ1) is 10.9. The van der Waals surface area contributed by atoms with Gasteiger partial charge in [-0.15, -0.1) is 0 Å². The van der Waals surface area contributed by atoms with Gasteiger partial charge in [-0.3, -0.25) is 4.79 Å². The first-order valence-electron chi connectivity index (χ1n) is 10.1. The minimum atomic E-state index is -0.435. The normalized spacial score (nSPS) is 25.4. The molecular weight excluding hydrogens is 296 g/mol. The van der Waals surface area contributed by atoms with Gasteiger partial charge in [0.2, 0.25) is 0 Å². The van der Waals surface area contributed by atoms with Crippen LogP contribution in [-0.2, 0) is 9.53 Å². The van der Waals surface area contributed by atoms with E-state index in [1.165, 1.54) is 25.7 Å². The van der Waals surface area contributed by atoms with Crippen LogP contribution in [0.25, 0.3) is 0 Å². The summed E-state index contributed by atoms with van der Waals surface area (Å²) >= 11 is 0. The van der Waals surface area contributed by atoms with Gasteiger partial charge in [0.1, 0.15) is 5.60 Å². The fourth-order valence-corrected chi connectivity index (χ4v) is 4.23. The van der Waals surface area contributed by atoms with E-state index in [-0.39, 0.29) is 17.0 Å². The molecule has 24 heavy (non-hydrogen) atoms. The minimum Gasteiger partial charge on any atom is -0.459 e. The summed E-state index contributed by atoms with van der Waals surface area (Å²) in [6.07, 6.45) is 6.74. The Morgan fingerprint density at radius 1 is 1.04 bits per heavy atom. The number of ether oxygens (including phenoxy) is 1. The van der Waals surface area contributed by atoms with Crippen LogP contribution < -0.4 is 0 Å². The van der Waals surface area contributed by atoms with Crippen molar-refractivity contribution in [3.05, 3.63) is 0 Å². The molecule has 0 radical (unpaired) electrons. The summed E-state index contributed by atoms with van der Waals surface area (Å²) in [6, 6.07) is 0. The van der Waals surface area contributed by atoms with Crippen LogP contribution in [0, 0.1) is 28.6 Å². The molecule has 2 nitrogen and oxygen atoms in total. The standard InChI is InChI=1S/C22H42O2/c1-10-20(5,6)22(9,15-16(2)3)19(23)24-21(7,8)18-13-11-17(4)12-14-18/h16-18H,10-15H2,1-9H3. The molecule has 0 aliphatic heterocycles. The first kappa shape index (κ1) is 21.5. The van der Waals surface area contributed by atoms with Gasteiger partial charge in [0, 0.05) is 0 Å². The zero-order valence-corrected chi connectivity index (χ0v) is 17.8. The van der Waals surface area contributed by atoms with Crippen molar-refractivity contribution in [3.63, 3.8) is 0 Å². The Morgan fingerprint density at radius 2 is 1.54 bits per heavy atom. The third-order valence-corrected chi connectivity index (χ3v) is 7.00. The van der Waals surface area contributed by atoms with Gasteiger partial charge in [0.25, 0.3) is 0 Å². The Balaban J connectivity index is 2.94. The third kappa shape index (κ3) is 4.76. The Hall–Kier alpha value is -0.530. The molecule has 1 unspecified atom stereocenters. The van der Waals surface area contributed by atoms with Gasteiger partial charge in [0.15, 0.2) is 0 Å². The highest BCUT2D eigenvalue weighted by molar-refractivity contribution is 5.78. The predicted molar refractivity (Wildman–Crippen MR) is 103 cm³/mol. The summed E-state index contributed by atoms with van der Waals surface area (Å²) < 4.78 is 6.23. The van der Waals surface area contributed by atoms with Crippen molar-refractivity contribution in [1.82, 2.24) is 0 Å². The monoisotopic (exact) mass is 338 g/mol. The van der Waals surface area contributed by atoms with Crippen molar-refractivity contribution in [2.24, 2.45) is 28.6 Å². The Morgan fingerprint density at radius 3 is 1.96 bits per heavy atom. The Kier molecular flexibility index (Phi) is 6.98. The minimum absolute atomic E-state index is 0.00618. The first-order valence-corrected chi connectivity index (χ1v) is 10.1. The van der Waals surface area contributed by atoms with Crippen molar-refractivity contribution in [3.8, 4) is 0 Å². The summed E-state index contributed by atoms with van der Waals surface area (Å²) in [5.41, 5.74) is -0.861. The van der Waals surface area contributed by atoms with Gasteiger partial charge in [-0.05, 0) is 69.6 Å². The molecule has 1 fully saturated rings. The molecule has 0 bridgehead atoms. The van der Waals surface area contributed by atoms with Crippen LogP contribution in [0.2, 0.25) is 0 Å². The molecule has 0 saturated heterocycles. The van der Waals surface area contributed by atoms with Crippen molar-refractivity contribution < 1.29 is 9.53 Å².